The summed E-state index contributed by atoms with van der Waals surface area (Å²) in [6.45, 7) is 49.7. The van der Waals surface area contributed by atoms with E-state index in [9.17, 15) is 0 Å². The number of rotatable bonds is 11. The highest BCUT2D eigenvalue weighted by molar-refractivity contribution is 4.91. The van der Waals surface area contributed by atoms with Crippen LogP contribution in [-0.4, -0.2) is 0 Å². The van der Waals surface area contributed by atoms with Gasteiger partial charge in [0.25, 0.3) is 0 Å². The second-order valence-electron chi connectivity index (χ2n) is 21.6. The molecule has 3 rings (SSSR count). The molecule has 3 aliphatic rings. The van der Waals surface area contributed by atoms with E-state index in [1.165, 1.54) is 141 Å². The lowest BCUT2D eigenvalue weighted by Gasteiger charge is -2.48. The van der Waals surface area contributed by atoms with Crippen LogP contribution in [0.1, 0.15) is 294 Å². The van der Waals surface area contributed by atoms with Gasteiger partial charge >= 0.3 is 0 Å². The fraction of sp³-hybridized carbons (Fsp3) is 1.00. The van der Waals surface area contributed by atoms with Crippen molar-refractivity contribution in [1.29, 1.82) is 0 Å². The monoisotopic (exact) mass is 767 g/mol. The van der Waals surface area contributed by atoms with Gasteiger partial charge in [-0.3, -0.25) is 0 Å². The Labute approximate surface area is 350 Å². The van der Waals surface area contributed by atoms with E-state index in [2.05, 4.69) is 152 Å². The van der Waals surface area contributed by atoms with Crippen LogP contribution < -0.4 is 0 Å². The lowest BCUT2D eigenvalue weighted by molar-refractivity contribution is 0.0331. The molecule has 0 amide bonds. The van der Waals surface area contributed by atoms with Gasteiger partial charge in [-0.1, -0.05) is 261 Å². The van der Waals surface area contributed by atoms with Crippen molar-refractivity contribution in [3.8, 4) is 0 Å². The number of fused-ring (bicyclic) bond motifs is 2. The Hall–Kier alpha value is 0. The normalized spacial score (nSPS) is 21.8. The molecule has 0 radical (unpaired) electrons. The predicted octanol–water partition coefficient (Wildman–Crippen LogP) is 20.9. The van der Waals surface area contributed by atoms with E-state index in [1.54, 1.807) is 0 Å². The van der Waals surface area contributed by atoms with Gasteiger partial charge < -0.3 is 0 Å². The highest BCUT2D eigenvalue weighted by Crippen LogP contribution is 2.52. The quantitative estimate of drug-likeness (QED) is 0.196. The molecule has 3 fully saturated rings. The molecule has 54 heavy (non-hydrogen) atoms. The van der Waals surface area contributed by atoms with Crippen LogP contribution in [0.15, 0.2) is 0 Å². The molecule has 0 heterocycles. The first-order valence-electron chi connectivity index (χ1n) is 25.1. The van der Waals surface area contributed by atoms with E-state index in [0.29, 0.717) is 5.41 Å². The Morgan fingerprint density at radius 2 is 0.870 bits per heavy atom. The first-order chi connectivity index (χ1) is 25.1. The van der Waals surface area contributed by atoms with Crippen LogP contribution in [0.5, 0.6) is 0 Å². The van der Waals surface area contributed by atoms with E-state index in [-0.39, 0.29) is 0 Å². The van der Waals surface area contributed by atoms with Crippen molar-refractivity contribution in [3.05, 3.63) is 0 Å². The van der Waals surface area contributed by atoms with Gasteiger partial charge in [0.2, 0.25) is 0 Å². The van der Waals surface area contributed by atoms with Crippen LogP contribution in [0.2, 0.25) is 0 Å². The predicted molar refractivity (Wildman–Crippen MR) is 259 cm³/mol. The molecule has 0 saturated heterocycles. The van der Waals surface area contributed by atoms with Gasteiger partial charge in [-0.05, 0) is 90.3 Å². The van der Waals surface area contributed by atoms with E-state index >= 15 is 0 Å². The van der Waals surface area contributed by atoms with Gasteiger partial charge in [-0.2, -0.15) is 0 Å². The minimum Gasteiger partial charge on any atom is -0.0656 e. The average molecular weight is 768 g/mol. The Bertz CT molecular complexity index is 616. The van der Waals surface area contributed by atoms with Crippen molar-refractivity contribution >= 4 is 0 Å². The molecule has 0 aromatic heterocycles. The van der Waals surface area contributed by atoms with E-state index in [0.717, 1.165) is 52.8 Å². The van der Waals surface area contributed by atoms with E-state index < -0.39 is 0 Å². The third kappa shape index (κ3) is 54.1. The molecule has 3 saturated carbocycles. The summed E-state index contributed by atoms with van der Waals surface area (Å²) in [4.78, 5) is 0. The van der Waals surface area contributed by atoms with Crippen molar-refractivity contribution in [2.24, 2.45) is 58.2 Å². The van der Waals surface area contributed by atoms with Crippen molar-refractivity contribution in [3.63, 3.8) is 0 Å². The van der Waals surface area contributed by atoms with Gasteiger partial charge in [-0.15, -0.1) is 0 Å². The van der Waals surface area contributed by atoms with E-state index in [4.69, 9.17) is 0 Å². The van der Waals surface area contributed by atoms with Crippen molar-refractivity contribution < 1.29 is 0 Å². The first-order valence-corrected chi connectivity index (χ1v) is 25.1. The van der Waals surface area contributed by atoms with Crippen LogP contribution in [0.4, 0.5) is 0 Å². The molecular weight excluding hydrogens is 649 g/mol. The summed E-state index contributed by atoms with van der Waals surface area (Å²) < 4.78 is 0. The maximum absolute atomic E-state index is 2.52. The van der Waals surface area contributed by atoms with Crippen molar-refractivity contribution in [2.75, 3.05) is 0 Å². The lowest BCUT2D eigenvalue weighted by atomic mass is 9.58. The SMILES string of the molecule is CC(C)(C)C.CC(C)C.CC(C)C1CCCCC1.CC1CC2CC(C)CC(C)(C1)C2.CCC.CCCC.CCCC(C)CCC.CCCC(CC)CCC. The molecule has 0 nitrogen and oxygen atoms in total. The third-order valence-corrected chi connectivity index (χ3v) is 10.6. The highest BCUT2D eigenvalue weighted by Gasteiger charge is 2.40. The zero-order chi connectivity index (χ0) is 43.2. The summed E-state index contributed by atoms with van der Waals surface area (Å²) >= 11 is 0. The van der Waals surface area contributed by atoms with Crippen molar-refractivity contribution in [2.45, 2.75) is 294 Å². The zero-order valence-electron chi connectivity index (χ0n) is 43.2. The van der Waals surface area contributed by atoms with Crippen LogP contribution in [0, 0.1) is 58.2 Å². The van der Waals surface area contributed by atoms with Crippen LogP contribution in [0.3, 0.4) is 0 Å². The topological polar surface area (TPSA) is 0 Å². The van der Waals surface area contributed by atoms with Gasteiger partial charge in [0.1, 0.15) is 0 Å². The largest absolute Gasteiger partial charge is 0.0656 e. The second kappa shape index (κ2) is 42.6. The van der Waals surface area contributed by atoms with E-state index in [1.807, 2.05) is 0 Å². The molecule has 0 heteroatoms. The Balaban J connectivity index is -0.000000176. The highest BCUT2D eigenvalue weighted by atomic mass is 14.5. The molecule has 0 N–H and O–H groups in total. The fourth-order valence-corrected chi connectivity index (χ4v) is 8.50. The molecule has 0 aromatic rings. The maximum atomic E-state index is 2.52. The molecule has 2 unspecified atom stereocenters. The Kier molecular flexibility index (Phi) is 49.8. The summed E-state index contributed by atoms with van der Waals surface area (Å²) in [6.07, 6.45) is 31.4. The Morgan fingerprint density at radius 3 is 1.09 bits per heavy atom. The minimum absolute atomic E-state index is 0.500. The van der Waals surface area contributed by atoms with Gasteiger partial charge in [-0.25, -0.2) is 0 Å². The molecule has 0 aromatic carbocycles. The van der Waals surface area contributed by atoms with Crippen LogP contribution in [-0.2, 0) is 0 Å². The lowest BCUT2D eigenvalue weighted by Crippen LogP contribution is -2.36. The summed E-state index contributed by atoms with van der Waals surface area (Å²) in [5.41, 5.74) is 1.22. The van der Waals surface area contributed by atoms with Crippen LogP contribution in [0.25, 0.3) is 0 Å². The number of hydrogen-bond acceptors (Lipinski definition) is 0. The molecule has 0 spiro atoms. The fourth-order valence-electron chi connectivity index (χ4n) is 8.50. The minimum atomic E-state index is 0.500. The summed E-state index contributed by atoms with van der Waals surface area (Å²) in [6, 6.07) is 0. The van der Waals surface area contributed by atoms with Gasteiger partial charge in [0, 0.05) is 0 Å². The summed E-state index contributed by atoms with van der Waals surface area (Å²) in [5.74, 6) is 7.87. The standard InChI is InChI=1S/C12H22.C9H18.C9H20.C8H18.C5H12.2C4H10.C3H8/c1-9-4-11-5-10(2)7-12(3,6-9)8-11;1-8(2)9-6-4-3-5-7-9;1-4-7-9(6-3)8-5-2;1-4-6-8(3)7-5-2;1-5(2,3)4;1-4(2)3;1-3-4-2;1-3-2/h9-11H,4-8H2,1-3H3;8-9H,3-7H2,1-2H3;9H,4-8H2,1-3H3;8H,4-7H2,1-3H3;1-4H3;4H,1-3H3;3-4H2,1-2H3;3H2,1-2H3. The average Bonchev–Trinajstić information content (AvgIpc) is 3.04. The Morgan fingerprint density at radius 1 is 0.537 bits per heavy atom. The van der Waals surface area contributed by atoms with Gasteiger partial charge in [0.15, 0.2) is 0 Å². The molecule has 0 aliphatic heterocycles. The summed E-state index contributed by atoms with van der Waals surface area (Å²) in [5, 5.41) is 0. The zero-order valence-corrected chi connectivity index (χ0v) is 43.2. The first kappa shape index (κ1) is 63.2. The molecule has 2 bridgehead atoms. The summed E-state index contributed by atoms with van der Waals surface area (Å²) in [7, 11) is 0. The van der Waals surface area contributed by atoms with Gasteiger partial charge in [0.05, 0.1) is 0 Å². The van der Waals surface area contributed by atoms with Crippen LogP contribution >= 0.6 is 0 Å². The molecule has 3 aliphatic carbocycles. The number of unbranched alkanes of at least 4 members (excludes halogenated alkanes) is 1. The molecule has 2 atom stereocenters. The number of hydrogen-bond donors (Lipinski definition) is 0. The second-order valence-corrected chi connectivity index (χ2v) is 21.6. The third-order valence-electron chi connectivity index (χ3n) is 10.6. The maximum Gasteiger partial charge on any atom is -0.0318 e. The molecular formula is C54H118. The molecule has 334 valence electrons. The van der Waals surface area contributed by atoms with Crippen molar-refractivity contribution in [1.82, 2.24) is 0 Å². The smallest absolute Gasteiger partial charge is 0.0318 e.